The fourth-order valence-corrected chi connectivity index (χ4v) is 7.78. The lowest BCUT2D eigenvalue weighted by atomic mass is 9.81. The van der Waals surface area contributed by atoms with Crippen molar-refractivity contribution in [1.29, 1.82) is 0 Å². The van der Waals surface area contributed by atoms with Gasteiger partial charge in [0.05, 0.1) is 6.04 Å². The molecule has 4 atom stereocenters. The van der Waals surface area contributed by atoms with Crippen molar-refractivity contribution >= 4 is 35.5 Å². The van der Waals surface area contributed by atoms with Crippen LogP contribution in [0.2, 0.25) is 0 Å². The molecule has 47 heavy (non-hydrogen) atoms. The number of Topliss-reactive ketones (excluding diaryl/α,β-unsaturated/α-hetero) is 1. The number of amides is 5. The zero-order chi connectivity index (χ0) is 34.5. The molecule has 1 aliphatic heterocycles. The maximum Gasteiger partial charge on any atom is 0.332 e. The van der Waals surface area contributed by atoms with E-state index in [1.54, 1.807) is 25.7 Å². The van der Waals surface area contributed by atoms with Crippen LogP contribution in [-0.4, -0.2) is 76.2 Å². The molecule has 1 heterocycles. The Balaban J connectivity index is 1.57. The third-order valence-electron chi connectivity index (χ3n) is 10.5. The highest BCUT2D eigenvalue weighted by Gasteiger charge is 2.49. The van der Waals surface area contributed by atoms with E-state index in [1.165, 1.54) is 0 Å². The van der Waals surface area contributed by atoms with Gasteiger partial charge in [-0.25, -0.2) is 9.59 Å². The van der Waals surface area contributed by atoms with Gasteiger partial charge in [-0.05, 0) is 83.0 Å². The second-order valence-electron chi connectivity index (χ2n) is 15.8. The Kier molecular flexibility index (Phi) is 12.0. The summed E-state index contributed by atoms with van der Waals surface area (Å²) in [4.78, 5) is 81.8. The van der Waals surface area contributed by atoms with E-state index in [-0.39, 0.29) is 29.6 Å². The lowest BCUT2D eigenvalue weighted by Gasteiger charge is -2.39. The van der Waals surface area contributed by atoms with Crippen molar-refractivity contribution in [3.8, 4) is 0 Å². The molecule has 3 aliphatic carbocycles. The number of primary amides is 1. The Bertz CT molecular complexity index is 1180. The van der Waals surface area contributed by atoms with Gasteiger partial charge >= 0.3 is 12.0 Å². The second kappa shape index (κ2) is 15.4. The summed E-state index contributed by atoms with van der Waals surface area (Å²) in [6.07, 6.45) is 10.6. The minimum Gasteiger partial charge on any atom is -0.458 e. The molecular weight excluding hydrogens is 602 g/mol. The number of urea groups is 1. The highest BCUT2D eigenvalue weighted by Crippen LogP contribution is 2.36. The molecule has 0 aromatic heterocycles. The molecule has 0 spiro atoms. The normalized spacial score (nSPS) is 24.6. The Hall–Kier alpha value is -3.18. The number of likely N-dealkylation sites (tertiary alicyclic amines) is 1. The average molecular weight is 660 g/mol. The summed E-state index contributed by atoms with van der Waals surface area (Å²) in [5.41, 5.74) is 3.42. The maximum atomic E-state index is 14.5. The summed E-state index contributed by atoms with van der Waals surface area (Å²) in [6.45, 7) is 9.71. The van der Waals surface area contributed by atoms with Crippen LogP contribution in [0.1, 0.15) is 125 Å². The summed E-state index contributed by atoms with van der Waals surface area (Å²) >= 11 is 0. The van der Waals surface area contributed by atoms with Crippen molar-refractivity contribution in [1.82, 2.24) is 20.9 Å². The topological polar surface area (TPSA) is 177 Å². The van der Waals surface area contributed by atoms with Crippen LogP contribution in [0.25, 0.3) is 0 Å². The van der Waals surface area contributed by atoms with Crippen LogP contribution in [0.15, 0.2) is 0 Å². The van der Waals surface area contributed by atoms with Gasteiger partial charge < -0.3 is 31.3 Å². The maximum absolute atomic E-state index is 14.5. The average Bonchev–Trinajstić information content (AvgIpc) is 3.71. The SMILES string of the molecule is CC(C)[C@H]1CCN(C(=O)[C@@H](NC(=O)NC2(C(=O)OC(C)(C)C)CCCCC2)C2CCCCC2)[C@@H]1C(=O)NC(CC1CC1)C(=O)C(N)=O. The number of rotatable bonds is 12. The number of ketones is 1. The van der Waals surface area contributed by atoms with Gasteiger partial charge in [-0.2, -0.15) is 0 Å². The number of esters is 1. The van der Waals surface area contributed by atoms with Crippen molar-refractivity contribution in [2.45, 2.75) is 154 Å². The molecular formula is C35H57N5O7. The molecule has 5 amide bonds. The van der Waals surface area contributed by atoms with Gasteiger partial charge in [0.2, 0.25) is 17.6 Å². The van der Waals surface area contributed by atoms with Crippen molar-refractivity contribution in [2.24, 2.45) is 29.4 Å². The molecule has 12 nitrogen and oxygen atoms in total. The summed E-state index contributed by atoms with van der Waals surface area (Å²) in [5, 5.41) is 8.71. The molecule has 264 valence electrons. The number of ether oxygens (including phenoxy) is 1. The van der Waals surface area contributed by atoms with E-state index in [9.17, 15) is 28.8 Å². The molecule has 0 aromatic carbocycles. The fraction of sp³-hybridized carbons (Fsp3) is 0.829. The third-order valence-corrected chi connectivity index (χ3v) is 10.5. The van der Waals surface area contributed by atoms with Crippen molar-refractivity contribution in [3.63, 3.8) is 0 Å². The molecule has 4 fully saturated rings. The van der Waals surface area contributed by atoms with Gasteiger partial charge in [-0.3, -0.25) is 19.2 Å². The first-order chi connectivity index (χ1) is 22.1. The Morgan fingerprint density at radius 2 is 1.49 bits per heavy atom. The lowest BCUT2D eigenvalue weighted by molar-refractivity contribution is -0.164. The predicted octanol–water partition coefficient (Wildman–Crippen LogP) is 3.49. The largest absolute Gasteiger partial charge is 0.458 e. The van der Waals surface area contributed by atoms with E-state index >= 15 is 0 Å². The van der Waals surface area contributed by atoms with Crippen molar-refractivity contribution < 1.29 is 33.5 Å². The number of carbonyl (C=O) groups is 6. The standard InChI is InChI=1S/C35H57N5O7/c1-21(2)24-16-19-40(27(24)30(43)37-25(20-22-14-15-22)28(41)29(36)42)31(44)26(23-12-8-6-9-13-23)38-33(46)39-35(17-10-7-11-18-35)32(45)47-34(3,4)5/h21-27H,6-20H2,1-5H3,(H2,36,42)(H,37,43)(H2,38,39,46)/t24-,25?,26+,27+/m1/s1. The van der Waals surface area contributed by atoms with E-state index in [0.717, 1.165) is 64.2 Å². The molecule has 12 heteroatoms. The van der Waals surface area contributed by atoms with E-state index in [4.69, 9.17) is 10.5 Å². The number of hydrogen-bond acceptors (Lipinski definition) is 7. The number of nitrogens with zero attached hydrogens (tertiary/aromatic N) is 1. The van der Waals surface area contributed by atoms with E-state index in [2.05, 4.69) is 16.0 Å². The summed E-state index contributed by atoms with van der Waals surface area (Å²) < 4.78 is 5.74. The Morgan fingerprint density at radius 1 is 0.872 bits per heavy atom. The van der Waals surface area contributed by atoms with Gasteiger partial charge in [0, 0.05) is 6.54 Å². The molecule has 4 aliphatic rings. The van der Waals surface area contributed by atoms with Gasteiger partial charge in [0.25, 0.3) is 5.91 Å². The molecule has 4 rings (SSSR count). The van der Waals surface area contributed by atoms with Crippen LogP contribution < -0.4 is 21.7 Å². The second-order valence-corrected chi connectivity index (χ2v) is 15.8. The highest BCUT2D eigenvalue weighted by molar-refractivity contribution is 6.37. The number of nitrogens with one attached hydrogen (secondary N) is 3. The van der Waals surface area contributed by atoms with Gasteiger partial charge in [0.15, 0.2) is 0 Å². The summed E-state index contributed by atoms with van der Waals surface area (Å²) in [6, 6.07) is -3.40. The third kappa shape index (κ3) is 9.47. The van der Waals surface area contributed by atoms with Crippen LogP contribution in [0.5, 0.6) is 0 Å². The highest BCUT2D eigenvalue weighted by atomic mass is 16.6. The van der Waals surface area contributed by atoms with Crippen molar-refractivity contribution in [2.75, 3.05) is 6.54 Å². The van der Waals surface area contributed by atoms with Crippen LogP contribution in [0.3, 0.4) is 0 Å². The van der Waals surface area contributed by atoms with Crippen LogP contribution in [0, 0.1) is 23.7 Å². The molecule has 3 saturated carbocycles. The first-order valence-electron chi connectivity index (χ1n) is 17.9. The molecule has 1 saturated heterocycles. The van der Waals surface area contributed by atoms with Crippen molar-refractivity contribution in [3.05, 3.63) is 0 Å². The fourth-order valence-electron chi connectivity index (χ4n) is 7.78. The zero-order valence-electron chi connectivity index (χ0n) is 29.0. The number of nitrogens with two attached hydrogens (primary N) is 1. The smallest absolute Gasteiger partial charge is 0.332 e. The molecule has 0 radical (unpaired) electrons. The zero-order valence-corrected chi connectivity index (χ0v) is 29.0. The minimum atomic E-state index is -1.18. The molecule has 5 N–H and O–H groups in total. The predicted molar refractivity (Wildman–Crippen MR) is 176 cm³/mol. The monoisotopic (exact) mass is 659 g/mol. The summed E-state index contributed by atoms with van der Waals surface area (Å²) in [7, 11) is 0. The quantitative estimate of drug-likeness (QED) is 0.183. The first kappa shape index (κ1) is 36.7. The Morgan fingerprint density at radius 3 is 2.04 bits per heavy atom. The minimum absolute atomic E-state index is 0.0571. The summed E-state index contributed by atoms with van der Waals surface area (Å²) in [5.74, 6) is -3.22. The van der Waals surface area contributed by atoms with Gasteiger partial charge in [0.1, 0.15) is 23.2 Å². The van der Waals surface area contributed by atoms with E-state index in [1.807, 2.05) is 13.8 Å². The van der Waals surface area contributed by atoms with Gasteiger partial charge in [-0.1, -0.05) is 65.2 Å². The van der Waals surface area contributed by atoms with E-state index in [0.29, 0.717) is 32.2 Å². The van der Waals surface area contributed by atoms with Gasteiger partial charge in [-0.15, -0.1) is 0 Å². The molecule has 0 aromatic rings. The number of carbonyl (C=O) groups excluding carboxylic acids is 6. The van der Waals surface area contributed by atoms with Crippen LogP contribution in [0.4, 0.5) is 4.79 Å². The number of hydrogen-bond donors (Lipinski definition) is 4. The lowest BCUT2D eigenvalue weighted by Crippen LogP contribution is -2.63. The molecule has 0 bridgehead atoms. The van der Waals surface area contributed by atoms with Crippen LogP contribution >= 0.6 is 0 Å². The molecule has 1 unspecified atom stereocenters. The Labute approximate surface area is 279 Å². The first-order valence-corrected chi connectivity index (χ1v) is 17.9. The van der Waals surface area contributed by atoms with E-state index < -0.39 is 58.9 Å². The van der Waals surface area contributed by atoms with Crippen LogP contribution in [-0.2, 0) is 28.7 Å².